The Hall–Kier alpha value is -0.680. The molecule has 0 N–H and O–H groups in total. The van der Waals surface area contributed by atoms with Crippen LogP contribution in [0.4, 0.5) is 4.79 Å². The van der Waals surface area contributed by atoms with E-state index in [1.807, 2.05) is 0 Å². The zero-order valence-corrected chi connectivity index (χ0v) is 9.43. The highest BCUT2D eigenvalue weighted by atomic mass is 35.5. The maximum Gasteiger partial charge on any atom is 0.510 e. The fourth-order valence-electron chi connectivity index (χ4n) is 0.334. The van der Waals surface area contributed by atoms with Gasteiger partial charge in [0.25, 0.3) is 0 Å². The van der Waals surface area contributed by atoms with E-state index in [1.165, 1.54) is 6.92 Å². The van der Waals surface area contributed by atoms with Gasteiger partial charge >= 0.3 is 12.1 Å². The summed E-state index contributed by atoms with van der Waals surface area (Å²) in [6, 6.07) is -0.425. The summed E-state index contributed by atoms with van der Waals surface area (Å²) in [6.07, 6.45) is -0.852. The third-order valence-electron chi connectivity index (χ3n) is 0.692. The van der Waals surface area contributed by atoms with Gasteiger partial charge in [0, 0.05) is 6.92 Å². The topological polar surface area (TPSA) is 61.8 Å². The van der Waals surface area contributed by atoms with Gasteiger partial charge in [-0.1, -0.05) is 23.2 Å². The van der Waals surface area contributed by atoms with Gasteiger partial charge in [0.1, 0.15) is 0 Å². The zero-order valence-electron chi connectivity index (χ0n) is 7.92. The van der Waals surface area contributed by atoms with E-state index in [-0.39, 0.29) is 18.1 Å². The Morgan fingerprint density at radius 2 is 1.50 bits per heavy atom. The lowest BCUT2D eigenvalue weighted by Gasteiger charge is -1.96. The van der Waals surface area contributed by atoms with Gasteiger partial charge in [-0.25, -0.2) is 4.79 Å². The summed E-state index contributed by atoms with van der Waals surface area (Å²) in [5, 5.41) is 0. The van der Waals surface area contributed by atoms with Crippen molar-refractivity contribution in [3.8, 4) is 0 Å². The largest absolute Gasteiger partial charge is 0.510 e. The molecule has 0 atom stereocenters. The summed E-state index contributed by atoms with van der Waals surface area (Å²) >= 11 is 9.93. The van der Waals surface area contributed by atoms with Gasteiger partial charge in [-0.05, 0) is 6.92 Å². The molecule has 0 aromatic carbocycles. The van der Waals surface area contributed by atoms with Gasteiger partial charge in [-0.2, -0.15) is 0 Å². The minimum Gasteiger partial charge on any atom is -0.466 e. The summed E-state index contributed by atoms with van der Waals surface area (Å²) in [5.41, 5.74) is 0. The Balaban J connectivity index is 0. The van der Waals surface area contributed by atoms with Gasteiger partial charge in [0.05, 0.1) is 6.61 Å². The van der Waals surface area contributed by atoms with Crippen molar-refractivity contribution in [2.75, 3.05) is 18.7 Å². The molecule has 0 rings (SSSR count). The van der Waals surface area contributed by atoms with Crippen molar-refractivity contribution in [2.24, 2.45) is 0 Å². The molecule has 0 saturated heterocycles. The molecule has 84 valence electrons. The molecule has 7 heteroatoms. The Bertz CT molecular complexity index is 154. The van der Waals surface area contributed by atoms with Crippen LogP contribution in [0.1, 0.15) is 13.8 Å². The van der Waals surface area contributed by atoms with Crippen LogP contribution in [0.3, 0.4) is 0 Å². The first-order valence-electron chi connectivity index (χ1n) is 3.63. The summed E-state index contributed by atoms with van der Waals surface area (Å²) in [5.74, 6) is -0.211. The summed E-state index contributed by atoms with van der Waals surface area (Å²) in [4.78, 5) is 19.9. The van der Waals surface area contributed by atoms with Crippen LogP contribution in [0.5, 0.6) is 0 Å². The van der Waals surface area contributed by atoms with E-state index in [1.54, 1.807) is 6.92 Å². The van der Waals surface area contributed by atoms with Gasteiger partial charge in [0.15, 0.2) is 12.1 Å². The molecule has 0 amide bonds. The minimum absolute atomic E-state index is 0.211. The van der Waals surface area contributed by atoms with Gasteiger partial charge < -0.3 is 14.2 Å². The first kappa shape index (κ1) is 15.8. The molecule has 0 aromatic heterocycles. The van der Waals surface area contributed by atoms with Gasteiger partial charge in [-0.3, -0.25) is 4.79 Å². The van der Waals surface area contributed by atoms with E-state index in [2.05, 4.69) is 14.2 Å². The highest BCUT2D eigenvalue weighted by molar-refractivity contribution is 6.18. The summed E-state index contributed by atoms with van der Waals surface area (Å²) in [6.45, 7) is 3.65. The number of alkyl halides is 2. The van der Waals surface area contributed by atoms with Crippen LogP contribution >= 0.6 is 23.2 Å². The average molecular weight is 247 g/mol. The first-order valence-corrected chi connectivity index (χ1v) is 4.70. The highest BCUT2D eigenvalue weighted by Crippen LogP contribution is 1.87. The number of halogens is 2. The standard InChI is InChI=1S/C4H8O2.C3H4Cl2O3/c1-3-6-4(2)5;4-1-7-3(6)8-2-5/h3H2,1-2H3;1-2H2. The quantitative estimate of drug-likeness (QED) is 0.564. The van der Waals surface area contributed by atoms with Crippen LogP contribution in [-0.2, 0) is 19.0 Å². The molecule has 14 heavy (non-hydrogen) atoms. The molecule has 0 unspecified atom stereocenters. The first-order chi connectivity index (χ1) is 6.58. The monoisotopic (exact) mass is 246 g/mol. The van der Waals surface area contributed by atoms with Crippen molar-refractivity contribution in [3.05, 3.63) is 0 Å². The third-order valence-corrected chi connectivity index (χ3v) is 0.911. The molecule has 0 aliphatic carbocycles. The number of hydrogen-bond acceptors (Lipinski definition) is 5. The van der Waals surface area contributed by atoms with E-state index < -0.39 is 6.16 Å². The number of carbonyl (C=O) groups is 2. The van der Waals surface area contributed by atoms with Crippen LogP contribution in [0.25, 0.3) is 0 Å². The average Bonchev–Trinajstić information content (AvgIpc) is 2.05. The SMILES string of the molecule is CCOC(C)=O.O=C(OCCl)OCCl. The number of esters is 1. The molecule has 0 aliphatic heterocycles. The Labute approximate surface area is 92.2 Å². The highest BCUT2D eigenvalue weighted by Gasteiger charge is 1.97. The second kappa shape index (κ2) is 12.3. The second-order valence-electron chi connectivity index (χ2n) is 1.68. The number of carbonyl (C=O) groups excluding carboxylic acids is 2. The summed E-state index contributed by atoms with van der Waals surface area (Å²) in [7, 11) is 0. The molecule has 0 bridgehead atoms. The summed E-state index contributed by atoms with van der Waals surface area (Å²) < 4.78 is 12.6. The van der Waals surface area contributed by atoms with Crippen LogP contribution < -0.4 is 0 Å². The lowest BCUT2D eigenvalue weighted by atomic mass is 10.8. The molecule has 0 radical (unpaired) electrons. The predicted molar refractivity (Wildman–Crippen MR) is 51.3 cm³/mol. The van der Waals surface area contributed by atoms with Crippen molar-refractivity contribution in [3.63, 3.8) is 0 Å². The van der Waals surface area contributed by atoms with Crippen molar-refractivity contribution < 1.29 is 23.8 Å². The molecular weight excluding hydrogens is 235 g/mol. The molecule has 5 nitrogen and oxygen atoms in total. The normalized spacial score (nSPS) is 8.00. The smallest absolute Gasteiger partial charge is 0.466 e. The van der Waals surface area contributed by atoms with E-state index in [0.29, 0.717) is 6.61 Å². The zero-order chi connectivity index (χ0) is 11.4. The molecule has 0 aliphatic rings. The van der Waals surface area contributed by atoms with E-state index in [4.69, 9.17) is 23.2 Å². The molecule has 0 fully saturated rings. The Kier molecular flexibility index (Phi) is 13.9. The fourth-order valence-corrected chi connectivity index (χ4v) is 0.512. The Morgan fingerprint density at radius 1 is 1.07 bits per heavy atom. The molecular formula is C7H12Cl2O5. The van der Waals surface area contributed by atoms with Crippen LogP contribution in [0.2, 0.25) is 0 Å². The van der Waals surface area contributed by atoms with Crippen LogP contribution in [-0.4, -0.2) is 30.9 Å². The Morgan fingerprint density at radius 3 is 1.64 bits per heavy atom. The number of rotatable bonds is 3. The minimum atomic E-state index is -0.852. The lowest BCUT2D eigenvalue weighted by Crippen LogP contribution is -2.03. The van der Waals surface area contributed by atoms with Gasteiger partial charge in [-0.15, -0.1) is 0 Å². The maximum absolute atomic E-state index is 10.0. The predicted octanol–water partition coefficient (Wildman–Crippen LogP) is 2.10. The molecule has 0 aromatic rings. The van der Waals surface area contributed by atoms with E-state index >= 15 is 0 Å². The number of hydrogen-bond donors (Lipinski definition) is 0. The van der Waals surface area contributed by atoms with E-state index in [0.717, 1.165) is 0 Å². The fraction of sp³-hybridized carbons (Fsp3) is 0.714. The molecule has 0 heterocycles. The lowest BCUT2D eigenvalue weighted by molar-refractivity contribution is -0.140. The molecule has 0 spiro atoms. The number of ether oxygens (including phenoxy) is 3. The third kappa shape index (κ3) is 17.4. The maximum atomic E-state index is 10.0. The molecule has 0 saturated carbocycles. The van der Waals surface area contributed by atoms with Crippen molar-refractivity contribution >= 4 is 35.3 Å². The van der Waals surface area contributed by atoms with Crippen molar-refractivity contribution in [1.29, 1.82) is 0 Å². The van der Waals surface area contributed by atoms with Crippen LogP contribution in [0.15, 0.2) is 0 Å². The van der Waals surface area contributed by atoms with E-state index in [9.17, 15) is 9.59 Å². The van der Waals surface area contributed by atoms with Crippen LogP contribution in [0, 0.1) is 0 Å². The van der Waals surface area contributed by atoms with Crippen molar-refractivity contribution in [1.82, 2.24) is 0 Å². The van der Waals surface area contributed by atoms with Crippen molar-refractivity contribution in [2.45, 2.75) is 13.8 Å². The second-order valence-corrected chi connectivity index (χ2v) is 2.12. The van der Waals surface area contributed by atoms with Gasteiger partial charge in [0.2, 0.25) is 0 Å².